The molecule has 2 aliphatic rings. The summed E-state index contributed by atoms with van der Waals surface area (Å²) >= 11 is 0. The minimum Gasteiger partial charge on any atom is -0.484 e. The number of aliphatic hydroxyl groups is 1. The summed E-state index contributed by atoms with van der Waals surface area (Å²) in [4.78, 5) is 2.23. The number of likely N-dealkylation sites (tertiary alicyclic amines) is 1. The molecule has 1 saturated carbocycles. The van der Waals surface area contributed by atoms with Crippen LogP contribution in [0, 0.1) is 11.8 Å². The van der Waals surface area contributed by atoms with Crippen LogP contribution in [0.4, 0.5) is 13.2 Å². The maximum atomic E-state index is 12.4. The predicted octanol–water partition coefficient (Wildman–Crippen LogP) is 3.22. The lowest BCUT2D eigenvalue weighted by atomic mass is 9.75. The van der Waals surface area contributed by atoms with E-state index >= 15 is 0 Å². The number of fused-ring (bicyclic) bond motifs is 2. The van der Waals surface area contributed by atoms with E-state index in [-0.39, 0.29) is 17.9 Å². The van der Waals surface area contributed by atoms with E-state index in [1.165, 1.54) is 0 Å². The minimum absolute atomic E-state index is 0.225. The fraction of sp³-hybridized carbons (Fsp3) is 0.647. The summed E-state index contributed by atoms with van der Waals surface area (Å²) < 4.78 is 42.1. The highest BCUT2D eigenvalue weighted by Gasteiger charge is 2.38. The molecule has 3 rings (SSSR count). The van der Waals surface area contributed by atoms with Crippen LogP contribution in [0.1, 0.15) is 24.8 Å². The van der Waals surface area contributed by atoms with Crippen LogP contribution in [0.2, 0.25) is 0 Å². The van der Waals surface area contributed by atoms with Crippen molar-refractivity contribution >= 4 is 0 Å². The van der Waals surface area contributed by atoms with Gasteiger partial charge in [0, 0.05) is 25.2 Å². The van der Waals surface area contributed by atoms with E-state index in [0.717, 1.165) is 37.9 Å². The van der Waals surface area contributed by atoms with Gasteiger partial charge in [-0.3, -0.25) is 4.90 Å². The molecule has 2 atom stereocenters. The van der Waals surface area contributed by atoms with Gasteiger partial charge in [-0.15, -0.1) is 0 Å². The topological polar surface area (TPSA) is 32.7 Å². The van der Waals surface area contributed by atoms with Crippen LogP contribution in [-0.4, -0.2) is 42.0 Å². The number of piperidine rings is 1. The highest BCUT2D eigenvalue weighted by Crippen LogP contribution is 2.36. The van der Waals surface area contributed by atoms with E-state index in [1.54, 1.807) is 12.1 Å². The lowest BCUT2D eigenvalue weighted by Crippen LogP contribution is -2.51. The molecule has 1 aliphatic carbocycles. The third-order valence-corrected chi connectivity index (χ3v) is 4.86. The van der Waals surface area contributed by atoms with E-state index in [0.29, 0.717) is 12.3 Å². The molecule has 0 amide bonds. The highest BCUT2D eigenvalue weighted by molar-refractivity contribution is 5.33. The van der Waals surface area contributed by atoms with E-state index in [9.17, 15) is 18.3 Å². The second-order valence-corrected chi connectivity index (χ2v) is 6.65. The molecule has 0 radical (unpaired) electrons. The zero-order valence-corrected chi connectivity index (χ0v) is 12.9. The molecular weight excluding hydrogens is 307 g/mol. The maximum Gasteiger partial charge on any atom is 0.422 e. The molecule has 2 fully saturated rings. The fourth-order valence-corrected chi connectivity index (χ4v) is 3.81. The summed E-state index contributed by atoms with van der Waals surface area (Å²) in [5.74, 6) is 0.859. The number of para-hydroxylation sites is 1. The van der Waals surface area contributed by atoms with E-state index in [4.69, 9.17) is 4.74 Å². The molecule has 0 spiro atoms. The van der Waals surface area contributed by atoms with E-state index in [2.05, 4.69) is 4.90 Å². The third-order valence-electron chi connectivity index (χ3n) is 4.86. The van der Waals surface area contributed by atoms with E-state index in [1.807, 2.05) is 12.1 Å². The standard InChI is InChI=1S/C17H22F3NO2/c18-17(19,20)11-23-15-7-2-1-4-12(15)8-21-9-13-5-3-6-14(10-21)16(13)22/h1-2,4,7,13-14,16,22H,3,5-6,8-11H2. The molecule has 1 aromatic rings. The Hall–Kier alpha value is -1.27. The zero-order valence-electron chi connectivity index (χ0n) is 12.9. The SMILES string of the molecule is OC1C2CCCC1CN(Cc1ccccc1OCC(F)(F)F)C2. The van der Waals surface area contributed by atoms with Gasteiger partial charge in [-0.1, -0.05) is 24.6 Å². The van der Waals surface area contributed by atoms with Crippen molar-refractivity contribution in [1.82, 2.24) is 4.90 Å². The molecule has 6 heteroatoms. The van der Waals surface area contributed by atoms with Gasteiger partial charge >= 0.3 is 6.18 Å². The van der Waals surface area contributed by atoms with Crippen molar-refractivity contribution in [3.8, 4) is 5.75 Å². The van der Waals surface area contributed by atoms with Gasteiger partial charge in [0.15, 0.2) is 6.61 Å². The summed E-state index contributed by atoms with van der Waals surface area (Å²) in [5, 5.41) is 10.2. The average molecular weight is 329 g/mol. The molecule has 1 N–H and O–H groups in total. The van der Waals surface area contributed by atoms with Gasteiger partial charge < -0.3 is 9.84 Å². The first-order chi connectivity index (χ1) is 10.9. The maximum absolute atomic E-state index is 12.4. The molecular formula is C17H22F3NO2. The van der Waals surface area contributed by atoms with Crippen LogP contribution in [0.15, 0.2) is 24.3 Å². The number of nitrogens with zero attached hydrogens (tertiary/aromatic N) is 1. The van der Waals surface area contributed by atoms with Gasteiger partial charge in [0.05, 0.1) is 6.10 Å². The first-order valence-corrected chi connectivity index (χ1v) is 8.10. The lowest BCUT2D eigenvalue weighted by molar-refractivity contribution is -0.153. The number of benzene rings is 1. The fourth-order valence-electron chi connectivity index (χ4n) is 3.81. The molecule has 1 aromatic carbocycles. The van der Waals surface area contributed by atoms with Crippen molar-refractivity contribution in [3.05, 3.63) is 29.8 Å². The van der Waals surface area contributed by atoms with Gasteiger partial charge in [0.1, 0.15) is 5.75 Å². The Kier molecular flexibility index (Phi) is 4.82. The summed E-state index contributed by atoms with van der Waals surface area (Å²) in [6.45, 7) is 0.887. The Morgan fingerprint density at radius 2 is 1.78 bits per heavy atom. The molecule has 2 bridgehead atoms. The molecule has 1 saturated heterocycles. The summed E-state index contributed by atoms with van der Waals surface area (Å²) in [6, 6.07) is 6.90. The van der Waals surface area contributed by atoms with Crippen LogP contribution in [-0.2, 0) is 6.54 Å². The molecule has 3 nitrogen and oxygen atoms in total. The zero-order chi connectivity index (χ0) is 16.4. The number of ether oxygens (including phenoxy) is 1. The molecule has 128 valence electrons. The molecule has 2 unspecified atom stereocenters. The van der Waals surface area contributed by atoms with Gasteiger partial charge in [-0.2, -0.15) is 13.2 Å². The second kappa shape index (κ2) is 6.69. The number of halogens is 3. The highest BCUT2D eigenvalue weighted by atomic mass is 19.4. The van der Waals surface area contributed by atoms with Crippen LogP contribution in [0.25, 0.3) is 0 Å². The summed E-state index contributed by atoms with van der Waals surface area (Å²) in [5.41, 5.74) is 0.770. The number of rotatable bonds is 4. The first kappa shape index (κ1) is 16.6. The Morgan fingerprint density at radius 1 is 1.13 bits per heavy atom. The molecule has 1 aliphatic heterocycles. The third kappa shape index (κ3) is 4.18. The quantitative estimate of drug-likeness (QED) is 0.921. The second-order valence-electron chi connectivity index (χ2n) is 6.65. The molecule has 1 heterocycles. The van der Waals surface area contributed by atoms with E-state index < -0.39 is 12.8 Å². The van der Waals surface area contributed by atoms with Crippen LogP contribution in [0.5, 0.6) is 5.75 Å². The Bertz CT molecular complexity index is 521. The van der Waals surface area contributed by atoms with Gasteiger partial charge in [0.25, 0.3) is 0 Å². The van der Waals surface area contributed by atoms with Gasteiger partial charge in [0.2, 0.25) is 0 Å². The normalized spacial score (nSPS) is 28.6. The van der Waals surface area contributed by atoms with Gasteiger partial charge in [-0.05, 0) is 30.7 Å². The van der Waals surface area contributed by atoms with Crippen molar-refractivity contribution in [2.75, 3.05) is 19.7 Å². The number of hydrogen-bond donors (Lipinski definition) is 1. The predicted molar refractivity (Wildman–Crippen MR) is 80.1 cm³/mol. The number of alkyl halides is 3. The van der Waals surface area contributed by atoms with Crippen LogP contribution < -0.4 is 4.74 Å². The summed E-state index contributed by atoms with van der Waals surface area (Å²) in [6.07, 6.45) is -1.34. The van der Waals surface area contributed by atoms with Crippen molar-refractivity contribution in [1.29, 1.82) is 0 Å². The Balaban J connectivity index is 1.66. The molecule has 23 heavy (non-hydrogen) atoms. The minimum atomic E-state index is -4.33. The van der Waals surface area contributed by atoms with Crippen LogP contribution in [0.3, 0.4) is 0 Å². The van der Waals surface area contributed by atoms with Gasteiger partial charge in [-0.25, -0.2) is 0 Å². The van der Waals surface area contributed by atoms with Crippen molar-refractivity contribution in [2.45, 2.75) is 38.1 Å². The Labute approximate surface area is 134 Å². The number of aliphatic hydroxyl groups excluding tert-OH is 1. The van der Waals surface area contributed by atoms with Crippen molar-refractivity contribution < 1.29 is 23.0 Å². The monoisotopic (exact) mass is 329 g/mol. The number of hydrogen-bond acceptors (Lipinski definition) is 3. The largest absolute Gasteiger partial charge is 0.484 e. The smallest absolute Gasteiger partial charge is 0.422 e. The lowest BCUT2D eigenvalue weighted by Gasteiger charge is -2.45. The average Bonchev–Trinajstić information content (AvgIpc) is 2.46. The van der Waals surface area contributed by atoms with Crippen molar-refractivity contribution in [2.24, 2.45) is 11.8 Å². The molecule has 0 aromatic heterocycles. The van der Waals surface area contributed by atoms with Crippen LogP contribution >= 0.6 is 0 Å². The Morgan fingerprint density at radius 3 is 2.43 bits per heavy atom. The summed E-state index contributed by atoms with van der Waals surface area (Å²) in [7, 11) is 0. The van der Waals surface area contributed by atoms with Crippen molar-refractivity contribution in [3.63, 3.8) is 0 Å². The first-order valence-electron chi connectivity index (χ1n) is 8.10.